The Morgan fingerprint density at radius 2 is 1.97 bits per heavy atom. The van der Waals surface area contributed by atoms with E-state index in [9.17, 15) is 13.6 Å². The highest BCUT2D eigenvalue weighted by Gasteiger charge is 2.37. The molecule has 1 aromatic heterocycles. The molecule has 2 heterocycles. The summed E-state index contributed by atoms with van der Waals surface area (Å²) in [5, 5.41) is 17.1. The third-order valence-corrected chi connectivity index (χ3v) is 5.41. The average Bonchev–Trinajstić information content (AvgIpc) is 3.08. The van der Waals surface area contributed by atoms with Gasteiger partial charge in [0, 0.05) is 29.3 Å². The number of nitriles is 1. The number of anilines is 1. The first-order valence-corrected chi connectivity index (χ1v) is 9.80. The van der Waals surface area contributed by atoms with E-state index in [0.29, 0.717) is 33.8 Å². The molecule has 1 amide bonds. The minimum atomic E-state index is -3.08. The molecule has 4 rings (SSSR count). The third kappa shape index (κ3) is 3.58. The van der Waals surface area contributed by atoms with E-state index >= 15 is 0 Å². The van der Waals surface area contributed by atoms with Crippen LogP contribution in [0.5, 0.6) is 0 Å². The Hall–Kier alpha value is -4.12. The number of nitrogens with two attached hydrogens (primary N) is 1. The van der Waals surface area contributed by atoms with E-state index in [1.807, 2.05) is 6.07 Å². The Balaban J connectivity index is 1.81. The number of carbonyl (C=O) groups excluding carboxylic acids is 1. The van der Waals surface area contributed by atoms with Crippen molar-refractivity contribution < 1.29 is 13.6 Å². The van der Waals surface area contributed by atoms with Gasteiger partial charge in [0.1, 0.15) is 11.7 Å². The predicted molar refractivity (Wildman–Crippen MR) is 117 cm³/mol. The predicted octanol–water partition coefficient (Wildman–Crippen LogP) is 4.48. The van der Waals surface area contributed by atoms with Crippen molar-refractivity contribution in [3.05, 3.63) is 82.0 Å². The van der Waals surface area contributed by atoms with Crippen molar-refractivity contribution >= 4 is 17.6 Å². The lowest BCUT2D eigenvalue weighted by atomic mass is 9.97. The first-order valence-electron chi connectivity index (χ1n) is 9.80. The van der Waals surface area contributed by atoms with Crippen LogP contribution in [0.3, 0.4) is 0 Å². The topological polar surface area (TPSA) is 107 Å². The van der Waals surface area contributed by atoms with Gasteiger partial charge in [-0.2, -0.15) is 5.26 Å². The lowest BCUT2D eigenvalue weighted by Crippen LogP contribution is -2.24. The first-order chi connectivity index (χ1) is 15.1. The lowest BCUT2D eigenvalue weighted by Gasteiger charge is -2.18. The second-order valence-electron chi connectivity index (χ2n) is 7.75. The molecular weight excluding hydrogens is 412 g/mol. The van der Waals surface area contributed by atoms with Gasteiger partial charge in [-0.3, -0.25) is 15.1 Å². The summed E-state index contributed by atoms with van der Waals surface area (Å²) in [6.07, 6.45) is 0. The summed E-state index contributed by atoms with van der Waals surface area (Å²) in [6, 6.07) is 14.6. The molecule has 0 spiro atoms. The molecule has 32 heavy (non-hydrogen) atoms. The van der Waals surface area contributed by atoms with Crippen LogP contribution < -0.4 is 10.6 Å². The number of benzene rings is 2. The van der Waals surface area contributed by atoms with Gasteiger partial charge in [-0.05, 0) is 53.9 Å². The Morgan fingerprint density at radius 3 is 2.62 bits per heavy atom. The summed E-state index contributed by atoms with van der Waals surface area (Å²) in [5.74, 6) is -3.37. The fourth-order valence-corrected chi connectivity index (χ4v) is 3.96. The Morgan fingerprint density at radius 1 is 1.22 bits per heavy atom. The summed E-state index contributed by atoms with van der Waals surface area (Å²) in [7, 11) is 0. The summed E-state index contributed by atoms with van der Waals surface area (Å²) in [5.41, 5.74) is 8.67. The lowest BCUT2D eigenvalue weighted by molar-refractivity contribution is 0.0166. The zero-order valence-corrected chi connectivity index (χ0v) is 17.4. The summed E-state index contributed by atoms with van der Waals surface area (Å²) in [4.78, 5) is 18.9. The SMILES string of the molecule is Cc1cc(-c2ccc(C#N)cc2C(=N)N)cc(N2Cc3c(cccc3C(C)(F)F)C2=O)n1. The smallest absolute Gasteiger partial charge is 0.270 e. The molecule has 0 fully saturated rings. The van der Waals surface area contributed by atoms with Gasteiger partial charge in [0.15, 0.2) is 0 Å². The second kappa shape index (κ2) is 7.54. The van der Waals surface area contributed by atoms with E-state index in [0.717, 1.165) is 6.92 Å². The first kappa shape index (κ1) is 21.1. The zero-order valence-electron chi connectivity index (χ0n) is 17.4. The quantitative estimate of drug-likeness (QED) is 0.469. The molecule has 0 saturated carbocycles. The van der Waals surface area contributed by atoms with Crippen molar-refractivity contribution in [3.8, 4) is 17.2 Å². The molecule has 0 unspecified atom stereocenters. The number of hydrogen-bond acceptors (Lipinski definition) is 4. The number of aromatic nitrogens is 1. The van der Waals surface area contributed by atoms with Crippen LogP contribution in [0.1, 0.15) is 45.2 Å². The normalized spacial score (nSPS) is 13.1. The van der Waals surface area contributed by atoms with Crippen molar-refractivity contribution in [2.45, 2.75) is 26.3 Å². The largest absolute Gasteiger partial charge is 0.384 e. The monoisotopic (exact) mass is 431 g/mol. The molecule has 0 saturated heterocycles. The number of halogens is 2. The van der Waals surface area contributed by atoms with Crippen LogP contribution in [0.2, 0.25) is 0 Å². The molecular formula is C24H19F2N5O. The highest BCUT2D eigenvalue weighted by Crippen LogP contribution is 2.38. The van der Waals surface area contributed by atoms with Crippen LogP contribution in [0.4, 0.5) is 14.6 Å². The molecule has 160 valence electrons. The number of carbonyl (C=O) groups is 1. The number of nitrogens with zero attached hydrogens (tertiary/aromatic N) is 3. The number of fused-ring (bicyclic) bond motifs is 1. The van der Waals surface area contributed by atoms with Crippen LogP contribution >= 0.6 is 0 Å². The van der Waals surface area contributed by atoms with Gasteiger partial charge in [0.05, 0.1) is 18.2 Å². The van der Waals surface area contributed by atoms with Crippen LogP contribution in [-0.2, 0) is 12.5 Å². The number of amides is 1. The maximum Gasteiger partial charge on any atom is 0.270 e. The minimum absolute atomic E-state index is 0.0173. The average molecular weight is 431 g/mol. The van der Waals surface area contributed by atoms with Crippen LogP contribution in [0.15, 0.2) is 48.5 Å². The van der Waals surface area contributed by atoms with E-state index in [1.165, 1.54) is 29.2 Å². The number of hydrogen-bond donors (Lipinski definition) is 2. The molecule has 0 aliphatic carbocycles. The van der Waals surface area contributed by atoms with Gasteiger partial charge in [-0.15, -0.1) is 0 Å². The van der Waals surface area contributed by atoms with Gasteiger partial charge in [0.2, 0.25) is 0 Å². The molecule has 0 atom stereocenters. The van der Waals surface area contributed by atoms with E-state index in [-0.39, 0.29) is 29.1 Å². The van der Waals surface area contributed by atoms with Crippen molar-refractivity contribution in [3.63, 3.8) is 0 Å². The third-order valence-electron chi connectivity index (χ3n) is 5.41. The van der Waals surface area contributed by atoms with E-state index in [2.05, 4.69) is 4.98 Å². The van der Waals surface area contributed by atoms with Gasteiger partial charge < -0.3 is 5.73 Å². The molecule has 0 bridgehead atoms. The van der Waals surface area contributed by atoms with Crippen LogP contribution in [0.25, 0.3) is 11.1 Å². The Bertz CT molecular complexity index is 1320. The molecule has 1 aliphatic heterocycles. The number of aryl methyl sites for hydroxylation is 1. The van der Waals surface area contributed by atoms with Crippen molar-refractivity contribution in [2.24, 2.45) is 5.73 Å². The van der Waals surface area contributed by atoms with Gasteiger partial charge in [0.25, 0.3) is 11.8 Å². The van der Waals surface area contributed by atoms with Crippen molar-refractivity contribution in [1.29, 1.82) is 10.7 Å². The van der Waals surface area contributed by atoms with Crippen LogP contribution in [-0.4, -0.2) is 16.7 Å². The van der Waals surface area contributed by atoms with E-state index in [4.69, 9.17) is 16.4 Å². The highest BCUT2D eigenvalue weighted by atomic mass is 19.3. The fourth-order valence-electron chi connectivity index (χ4n) is 3.96. The molecule has 3 aromatic rings. The van der Waals surface area contributed by atoms with E-state index in [1.54, 1.807) is 31.2 Å². The molecule has 6 nitrogen and oxygen atoms in total. The molecule has 0 radical (unpaired) electrons. The molecule has 2 aromatic carbocycles. The van der Waals surface area contributed by atoms with Gasteiger partial charge in [-0.1, -0.05) is 18.2 Å². The number of alkyl halides is 2. The molecule has 8 heteroatoms. The second-order valence-corrected chi connectivity index (χ2v) is 7.75. The van der Waals surface area contributed by atoms with Crippen molar-refractivity contribution in [1.82, 2.24) is 4.98 Å². The number of nitrogen functional groups attached to an aromatic ring is 1. The van der Waals surface area contributed by atoms with E-state index < -0.39 is 11.8 Å². The zero-order chi connectivity index (χ0) is 23.2. The summed E-state index contributed by atoms with van der Waals surface area (Å²) in [6.45, 7) is 2.55. The fraction of sp³-hybridized carbons (Fsp3) is 0.167. The van der Waals surface area contributed by atoms with Crippen LogP contribution in [0, 0.1) is 23.7 Å². The molecule has 3 N–H and O–H groups in total. The standard InChI is InChI=1S/C24H19F2N5O/c1-13-8-15(16-7-6-14(11-27)9-18(16)22(28)29)10-21(30-13)31-12-19-17(23(31)32)4-3-5-20(19)24(2,25)26/h3-10H,12H2,1-2H3,(H3,28,29). The summed E-state index contributed by atoms with van der Waals surface area (Å²) < 4.78 is 28.2. The number of amidine groups is 1. The maximum absolute atomic E-state index is 14.1. The van der Waals surface area contributed by atoms with Crippen molar-refractivity contribution in [2.75, 3.05) is 4.90 Å². The van der Waals surface area contributed by atoms with Gasteiger partial charge in [-0.25, -0.2) is 13.8 Å². The maximum atomic E-state index is 14.1. The number of rotatable bonds is 4. The highest BCUT2D eigenvalue weighted by molar-refractivity contribution is 6.10. The number of pyridine rings is 1. The Labute approximate surface area is 183 Å². The van der Waals surface area contributed by atoms with Gasteiger partial charge >= 0.3 is 0 Å². The number of nitrogens with one attached hydrogen (secondary N) is 1. The Kier molecular flexibility index (Phi) is 4.97. The summed E-state index contributed by atoms with van der Waals surface area (Å²) >= 11 is 0. The minimum Gasteiger partial charge on any atom is -0.384 e. The molecule has 1 aliphatic rings.